The summed E-state index contributed by atoms with van der Waals surface area (Å²) in [5.74, 6) is 0.693. The molecule has 0 radical (unpaired) electrons. The Bertz CT molecular complexity index is 1880. The second-order valence-electron chi connectivity index (χ2n) is 14.7. The summed E-state index contributed by atoms with van der Waals surface area (Å²) in [5.41, 5.74) is 9.22. The van der Waals surface area contributed by atoms with Crippen LogP contribution in [-0.2, 0) is 34.0 Å². The van der Waals surface area contributed by atoms with Gasteiger partial charge in [0.2, 0.25) is 0 Å². The summed E-state index contributed by atoms with van der Waals surface area (Å²) in [6.45, 7) is 23.3. The zero-order valence-electron chi connectivity index (χ0n) is 33.4. The Labute approximate surface area is 326 Å². The van der Waals surface area contributed by atoms with Gasteiger partial charge < -0.3 is 28.4 Å². The zero-order chi connectivity index (χ0) is 39.9. The lowest BCUT2D eigenvalue weighted by Crippen LogP contribution is -2.29. The molecule has 1 aliphatic carbocycles. The van der Waals surface area contributed by atoms with E-state index in [0.29, 0.717) is 24.4 Å². The van der Waals surface area contributed by atoms with Crippen LogP contribution in [0.25, 0.3) is 11.1 Å². The maximum atomic E-state index is 11.8. The van der Waals surface area contributed by atoms with Crippen LogP contribution in [0, 0.1) is 13.8 Å². The molecular formula is C47H54O8. The molecule has 0 saturated heterocycles. The number of rotatable bonds is 18. The fraction of sp³-hybridized carbons (Fsp3) is 0.362. The van der Waals surface area contributed by atoms with Crippen molar-refractivity contribution in [2.24, 2.45) is 0 Å². The molecule has 1 aliphatic rings. The van der Waals surface area contributed by atoms with Gasteiger partial charge in [-0.1, -0.05) is 86.0 Å². The molecule has 8 heteroatoms. The Balaban J connectivity index is 1.37. The van der Waals surface area contributed by atoms with Gasteiger partial charge in [0.25, 0.3) is 0 Å². The lowest BCUT2D eigenvalue weighted by Gasteiger charge is -2.34. The lowest BCUT2D eigenvalue weighted by molar-refractivity contribution is -0.148. The smallest absolute Gasteiger partial charge is 0.333 e. The maximum absolute atomic E-state index is 11.8. The third-order valence-corrected chi connectivity index (χ3v) is 9.66. The molecule has 290 valence electrons. The van der Waals surface area contributed by atoms with Crippen LogP contribution in [0.5, 0.6) is 11.5 Å². The highest BCUT2D eigenvalue weighted by molar-refractivity contribution is 5.88. The monoisotopic (exact) mass is 746 g/mol. The highest BCUT2D eigenvalue weighted by atomic mass is 16.6. The fourth-order valence-corrected chi connectivity index (χ4v) is 6.86. The summed E-state index contributed by atoms with van der Waals surface area (Å²) in [6, 6.07) is 30.2. The number of carbonyl (C=O) groups is 2. The normalized spacial score (nSPS) is 14.8. The van der Waals surface area contributed by atoms with E-state index in [1.165, 1.54) is 22.3 Å². The summed E-state index contributed by atoms with van der Waals surface area (Å²) in [7, 11) is 0. The van der Waals surface area contributed by atoms with E-state index in [-0.39, 0.29) is 25.4 Å². The molecule has 4 aromatic rings. The van der Waals surface area contributed by atoms with Gasteiger partial charge in [-0.15, -0.1) is 0 Å². The van der Waals surface area contributed by atoms with Gasteiger partial charge in [-0.3, -0.25) is 0 Å². The van der Waals surface area contributed by atoms with Crippen molar-refractivity contribution in [3.63, 3.8) is 0 Å². The van der Waals surface area contributed by atoms with Gasteiger partial charge in [0, 0.05) is 11.1 Å². The van der Waals surface area contributed by atoms with E-state index < -0.39 is 29.6 Å². The molecule has 4 atom stereocenters. The Kier molecular flexibility index (Phi) is 13.4. The first-order chi connectivity index (χ1) is 26.2. The molecule has 0 aliphatic heterocycles. The maximum Gasteiger partial charge on any atom is 0.333 e. The molecule has 0 aromatic heterocycles. The minimum Gasteiger partial charge on any atom is -0.491 e. The number of hydrogen-bond donors (Lipinski definition) is 0. The standard InChI is InChI=1S/C47H54O8/c1-29(2)45(48)54-35(9)27-50-33(7)25-52-43-21-19-37(23-31(43)5)47(41-17-13-11-15-39(41)40-16-12-14-18-42(40)47)38-20-22-44(32(6)24-38)53-26-34(8)51-28-36(10)55-46(49)30(3)4/h11-24,33-36H,1,3,25-28H2,2,4-10H3. The SMILES string of the molecule is C=C(C)C(=O)OC(C)COC(C)COc1ccc(C2(c3ccc(OCC(C)OCC(C)OC(=O)C(=C)C)c(C)c3)c3ccccc3-c3ccccc32)cc1C. The van der Waals surface area contributed by atoms with Crippen LogP contribution in [0.15, 0.2) is 109 Å². The molecule has 0 bridgehead atoms. The Morgan fingerprint density at radius 1 is 0.564 bits per heavy atom. The molecule has 0 heterocycles. The number of benzene rings is 4. The van der Waals surface area contributed by atoms with Crippen molar-refractivity contribution in [3.8, 4) is 22.6 Å². The number of esters is 2. The Hall–Kier alpha value is -5.18. The van der Waals surface area contributed by atoms with Crippen molar-refractivity contribution >= 4 is 11.9 Å². The quantitative estimate of drug-likeness (QED) is 0.0648. The first kappa shape index (κ1) is 41.0. The van der Waals surface area contributed by atoms with E-state index in [9.17, 15) is 9.59 Å². The molecule has 0 amide bonds. The number of hydrogen-bond acceptors (Lipinski definition) is 8. The Morgan fingerprint density at radius 2 is 0.945 bits per heavy atom. The van der Waals surface area contributed by atoms with Gasteiger partial charge in [0.15, 0.2) is 0 Å². The van der Waals surface area contributed by atoms with Gasteiger partial charge in [-0.2, -0.15) is 0 Å². The fourth-order valence-electron chi connectivity index (χ4n) is 6.86. The minimum absolute atomic E-state index is 0.224. The first-order valence-electron chi connectivity index (χ1n) is 18.9. The number of carbonyl (C=O) groups excluding carboxylic acids is 2. The number of fused-ring (bicyclic) bond motifs is 3. The predicted molar refractivity (Wildman–Crippen MR) is 216 cm³/mol. The molecule has 4 aromatic carbocycles. The molecule has 55 heavy (non-hydrogen) atoms. The van der Waals surface area contributed by atoms with Crippen LogP contribution in [0.4, 0.5) is 0 Å². The van der Waals surface area contributed by atoms with Crippen LogP contribution in [0.1, 0.15) is 74.9 Å². The van der Waals surface area contributed by atoms with Gasteiger partial charge in [0.05, 0.1) is 30.8 Å². The molecular weight excluding hydrogens is 693 g/mol. The number of ether oxygens (including phenoxy) is 6. The van der Waals surface area contributed by atoms with Crippen LogP contribution in [-0.4, -0.2) is 62.8 Å². The van der Waals surface area contributed by atoms with Gasteiger partial charge in [0.1, 0.15) is 36.9 Å². The highest BCUT2D eigenvalue weighted by Gasteiger charge is 2.46. The van der Waals surface area contributed by atoms with Crippen molar-refractivity contribution in [2.45, 2.75) is 85.2 Å². The average molecular weight is 747 g/mol. The van der Waals surface area contributed by atoms with E-state index in [0.717, 1.165) is 33.8 Å². The second kappa shape index (κ2) is 18.0. The van der Waals surface area contributed by atoms with Crippen molar-refractivity contribution in [3.05, 3.63) is 143 Å². The van der Waals surface area contributed by atoms with Crippen LogP contribution < -0.4 is 9.47 Å². The van der Waals surface area contributed by atoms with Gasteiger partial charge in [-0.25, -0.2) is 9.59 Å². The molecule has 5 rings (SSSR count). The largest absolute Gasteiger partial charge is 0.491 e. The van der Waals surface area contributed by atoms with E-state index >= 15 is 0 Å². The summed E-state index contributed by atoms with van der Waals surface area (Å²) in [6.07, 6.45) is -1.25. The first-order valence-corrected chi connectivity index (χ1v) is 18.9. The van der Waals surface area contributed by atoms with E-state index in [1.54, 1.807) is 27.7 Å². The molecule has 4 unspecified atom stereocenters. The van der Waals surface area contributed by atoms with E-state index in [1.807, 2.05) is 26.0 Å². The van der Waals surface area contributed by atoms with Crippen LogP contribution in [0.2, 0.25) is 0 Å². The van der Waals surface area contributed by atoms with Crippen molar-refractivity contribution in [1.29, 1.82) is 0 Å². The van der Waals surface area contributed by atoms with Crippen molar-refractivity contribution in [2.75, 3.05) is 26.4 Å². The summed E-state index contributed by atoms with van der Waals surface area (Å²) in [5, 5.41) is 0. The molecule has 0 saturated carbocycles. The summed E-state index contributed by atoms with van der Waals surface area (Å²) in [4.78, 5) is 23.7. The van der Waals surface area contributed by atoms with Gasteiger partial charge >= 0.3 is 11.9 Å². The third-order valence-electron chi connectivity index (χ3n) is 9.66. The lowest BCUT2D eigenvalue weighted by atomic mass is 9.67. The molecule has 0 spiro atoms. The van der Waals surface area contributed by atoms with Crippen molar-refractivity contribution in [1.82, 2.24) is 0 Å². The van der Waals surface area contributed by atoms with Crippen LogP contribution >= 0.6 is 0 Å². The van der Waals surface area contributed by atoms with Crippen LogP contribution in [0.3, 0.4) is 0 Å². The average Bonchev–Trinajstić information content (AvgIpc) is 3.46. The minimum atomic E-state index is -0.596. The highest BCUT2D eigenvalue weighted by Crippen LogP contribution is 2.56. The Morgan fingerprint density at radius 3 is 1.31 bits per heavy atom. The molecule has 0 fully saturated rings. The molecule has 0 N–H and O–H groups in total. The third kappa shape index (κ3) is 9.38. The zero-order valence-corrected chi connectivity index (χ0v) is 33.4. The summed E-state index contributed by atoms with van der Waals surface area (Å²) < 4.78 is 35.1. The van der Waals surface area contributed by atoms with Crippen molar-refractivity contribution < 1.29 is 38.0 Å². The molecule has 8 nitrogen and oxygen atoms in total. The predicted octanol–water partition coefficient (Wildman–Crippen LogP) is 9.25. The topological polar surface area (TPSA) is 89.5 Å². The summed E-state index contributed by atoms with van der Waals surface area (Å²) >= 11 is 0. The van der Waals surface area contributed by atoms with Gasteiger partial charge in [-0.05, 0) is 112 Å². The van der Waals surface area contributed by atoms with E-state index in [4.69, 9.17) is 28.4 Å². The van der Waals surface area contributed by atoms with E-state index in [2.05, 4.69) is 99.8 Å². The second-order valence-corrected chi connectivity index (χ2v) is 14.7. The number of aryl methyl sites for hydroxylation is 2.